The van der Waals surface area contributed by atoms with Crippen molar-refractivity contribution in [3.8, 4) is 5.75 Å². The van der Waals surface area contributed by atoms with E-state index in [1.54, 1.807) is 0 Å². The predicted molar refractivity (Wildman–Crippen MR) is 69.8 cm³/mol. The number of hydrogen-bond donors (Lipinski definition) is 5. The van der Waals surface area contributed by atoms with Gasteiger partial charge in [-0.25, -0.2) is 9.59 Å². The molecule has 1 aromatic carbocycles. The van der Waals surface area contributed by atoms with Crippen molar-refractivity contribution in [1.29, 1.82) is 0 Å². The van der Waals surface area contributed by atoms with E-state index in [1.165, 1.54) is 18.2 Å². The maximum atomic E-state index is 11.9. The maximum absolute atomic E-state index is 11.9. The number of para-hydroxylation sites is 1. The Morgan fingerprint density at radius 1 is 1.15 bits per heavy atom. The Bertz CT molecular complexity index is 485. The van der Waals surface area contributed by atoms with Gasteiger partial charge in [0.25, 0.3) is 0 Å². The summed E-state index contributed by atoms with van der Waals surface area (Å²) in [5.41, 5.74) is -0.394. The molecule has 0 aliphatic heterocycles. The fourth-order valence-corrected chi connectivity index (χ4v) is 1.57. The first kappa shape index (κ1) is 15.7. The lowest BCUT2D eigenvalue weighted by molar-refractivity contribution is 0.0693. The van der Waals surface area contributed by atoms with E-state index < -0.39 is 17.7 Å². The Kier molecular flexibility index (Phi) is 5.75. The number of aromatic hydroxyl groups is 1. The Balaban J connectivity index is 2.89. The highest BCUT2D eigenvalue weighted by Crippen LogP contribution is 2.27. The molecule has 2 amide bonds. The van der Waals surface area contributed by atoms with Gasteiger partial charge in [0.2, 0.25) is 0 Å². The van der Waals surface area contributed by atoms with E-state index in [-0.39, 0.29) is 37.6 Å². The van der Waals surface area contributed by atoms with E-state index in [0.717, 1.165) is 4.90 Å². The van der Waals surface area contributed by atoms with Gasteiger partial charge in [-0.15, -0.1) is 0 Å². The zero-order valence-electron chi connectivity index (χ0n) is 10.6. The highest BCUT2D eigenvalue weighted by Gasteiger charge is 2.17. The number of anilines is 1. The van der Waals surface area contributed by atoms with Gasteiger partial charge in [0.05, 0.1) is 18.9 Å². The van der Waals surface area contributed by atoms with E-state index >= 15 is 0 Å². The summed E-state index contributed by atoms with van der Waals surface area (Å²) in [4.78, 5) is 23.8. The van der Waals surface area contributed by atoms with Crippen LogP contribution in [-0.4, -0.2) is 63.6 Å². The number of amides is 2. The third kappa shape index (κ3) is 3.84. The SMILES string of the molecule is O=C(O)c1cccc(NC(=O)N(CCO)CCO)c1O. The molecule has 110 valence electrons. The number of nitrogens with one attached hydrogen (secondary N) is 1. The van der Waals surface area contributed by atoms with E-state index in [2.05, 4.69) is 5.32 Å². The van der Waals surface area contributed by atoms with Crippen molar-refractivity contribution in [1.82, 2.24) is 4.90 Å². The molecule has 1 aromatic rings. The quantitative estimate of drug-likeness (QED) is 0.464. The van der Waals surface area contributed by atoms with Crippen LogP contribution >= 0.6 is 0 Å². The summed E-state index contributed by atoms with van der Waals surface area (Å²) in [5.74, 6) is -1.87. The minimum absolute atomic E-state index is 0.00573. The van der Waals surface area contributed by atoms with Crippen LogP contribution in [0.15, 0.2) is 18.2 Å². The van der Waals surface area contributed by atoms with Gasteiger partial charge in [0, 0.05) is 13.1 Å². The average Bonchev–Trinajstić information content (AvgIpc) is 2.40. The number of carboxylic acid groups (broad SMARTS) is 1. The molecule has 0 atom stereocenters. The van der Waals surface area contributed by atoms with Gasteiger partial charge in [-0.2, -0.15) is 0 Å². The van der Waals surface area contributed by atoms with Crippen molar-refractivity contribution >= 4 is 17.7 Å². The molecule has 0 unspecified atom stereocenters. The summed E-state index contributed by atoms with van der Waals surface area (Å²) in [7, 11) is 0. The molecule has 0 aromatic heterocycles. The summed E-state index contributed by atoms with van der Waals surface area (Å²) >= 11 is 0. The number of aliphatic hydroxyl groups is 2. The molecule has 0 aliphatic rings. The molecule has 0 heterocycles. The molecule has 0 aliphatic carbocycles. The maximum Gasteiger partial charge on any atom is 0.339 e. The minimum Gasteiger partial charge on any atom is -0.505 e. The monoisotopic (exact) mass is 284 g/mol. The van der Waals surface area contributed by atoms with Crippen molar-refractivity contribution in [3.05, 3.63) is 23.8 Å². The number of carbonyl (C=O) groups is 2. The number of urea groups is 1. The number of carboxylic acids is 1. The van der Waals surface area contributed by atoms with Crippen molar-refractivity contribution in [2.24, 2.45) is 0 Å². The first-order valence-corrected chi connectivity index (χ1v) is 5.84. The van der Waals surface area contributed by atoms with E-state index in [9.17, 15) is 14.7 Å². The average molecular weight is 284 g/mol. The predicted octanol–water partition coefficient (Wildman–Crippen LogP) is -0.0911. The molecule has 8 heteroatoms. The zero-order chi connectivity index (χ0) is 15.1. The molecule has 0 radical (unpaired) electrons. The van der Waals surface area contributed by atoms with Crippen LogP contribution < -0.4 is 5.32 Å². The Labute approximate surface area is 114 Å². The van der Waals surface area contributed by atoms with Crippen molar-refractivity contribution in [2.45, 2.75) is 0 Å². The first-order chi connectivity index (χ1) is 9.51. The normalized spacial score (nSPS) is 10.1. The number of aromatic carboxylic acids is 1. The molecule has 20 heavy (non-hydrogen) atoms. The van der Waals surface area contributed by atoms with Gasteiger partial charge in [0.15, 0.2) is 5.75 Å². The fourth-order valence-electron chi connectivity index (χ4n) is 1.57. The molecule has 8 nitrogen and oxygen atoms in total. The number of phenols is 1. The topological polar surface area (TPSA) is 130 Å². The lowest BCUT2D eigenvalue weighted by atomic mass is 10.1. The molecule has 0 spiro atoms. The summed E-state index contributed by atoms with van der Waals surface area (Å²) in [5, 5.41) is 38.6. The van der Waals surface area contributed by atoms with Crippen molar-refractivity contribution < 1.29 is 30.0 Å². The first-order valence-electron chi connectivity index (χ1n) is 5.84. The lowest BCUT2D eigenvalue weighted by Crippen LogP contribution is -2.39. The standard InChI is InChI=1S/C12H16N2O6/c15-6-4-14(5-7-16)12(20)13-9-3-1-2-8(10(9)17)11(18)19/h1-3,15-17H,4-7H2,(H,13,20)(H,18,19). The molecule has 0 bridgehead atoms. The lowest BCUT2D eigenvalue weighted by Gasteiger charge is -2.21. The summed E-state index contributed by atoms with van der Waals surface area (Å²) < 4.78 is 0. The van der Waals surface area contributed by atoms with Gasteiger partial charge in [-0.3, -0.25) is 0 Å². The number of hydrogen-bond acceptors (Lipinski definition) is 5. The summed E-state index contributed by atoms with van der Waals surface area (Å²) in [6, 6.07) is 3.26. The Morgan fingerprint density at radius 3 is 2.25 bits per heavy atom. The van der Waals surface area contributed by atoms with E-state index in [1.807, 2.05) is 0 Å². The van der Waals surface area contributed by atoms with Crippen LogP contribution in [0.3, 0.4) is 0 Å². The molecule has 0 saturated heterocycles. The highest BCUT2D eigenvalue weighted by molar-refractivity contribution is 5.97. The van der Waals surface area contributed by atoms with Gasteiger partial charge in [-0.1, -0.05) is 6.07 Å². The third-order valence-electron chi connectivity index (χ3n) is 2.54. The van der Waals surface area contributed by atoms with E-state index in [4.69, 9.17) is 15.3 Å². The summed E-state index contributed by atoms with van der Waals surface area (Å²) in [6.07, 6.45) is 0. The van der Waals surface area contributed by atoms with Crippen molar-refractivity contribution in [3.63, 3.8) is 0 Å². The van der Waals surface area contributed by atoms with Gasteiger partial charge in [-0.05, 0) is 12.1 Å². The molecule has 0 fully saturated rings. The second-order valence-electron chi connectivity index (χ2n) is 3.87. The summed E-state index contributed by atoms with van der Waals surface area (Å²) in [6.45, 7) is -0.555. The highest BCUT2D eigenvalue weighted by atomic mass is 16.4. The molecular weight excluding hydrogens is 268 g/mol. The number of carbonyl (C=O) groups excluding carboxylic acids is 1. The van der Waals surface area contributed by atoms with Crippen LogP contribution in [0.5, 0.6) is 5.75 Å². The van der Waals surface area contributed by atoms with Gasteiger partial charge >= 0.3 is 12.0 Å². The zero-order valence-corrected chi connectivity index (χ0v) is 10.6. The second-order valence-corrected chi connectivity index (χ2v) is 3.87. The van der Waals surface area contributed by atoms with Crippen LogP contribution in [0.1, 0.15) is 10.4 Å². The van der Waals surface area contributed by atoms with Crippen LogP contribution in [0.2, 0.25) is 0 Å². The Morgan fingerprint density at radius 2 is 1.75 bits per heavy atom. The van der Waals surface area contributed by atoms with Crippen LogP contribution in [0.4, 0.5) is 10.5 Å². The molecule has 5 N–H and O–H groups in total. The van der Waals surface area contributed by atoms with Gasteiger partial charge in [0.1, 0.15) is 5.56 Å². The van der Waals surface area contributed by atoms with Crippen LogP contribution in [0.25, 0.3) is 0 Å². The number of aliphatic hydroxyl groups excluding tert-OH is 2. The molecular formula is C12H16N2O6. The Hall–Kier alpha value is -2.32. The number of rotatable bonds is 6. The molecule has 1 rings (SSSR count). The van der Waals surface area contributed by atoms with Gasteiger partial charge < -0.3 is 30.6 Å². The second kappa shape index (κ2) is 7.31. The van der Waals surface area contributed by atoms with Crippen LogP contribution in [0, 0.1) is 0 Å². The smallest absolute Gasteiger partial charge is 0.339 e. The fraction of sp³-hybridized carbons (Fsp3) is 0.333. The molecule has 0 saturated carbocycles. The minimum atomic E-state index is -1.32. The largest absolute Gasteiger partial charge is 0.505 e. The van der Waals surface area contributed by atoms with Crippen LogP contribution in [-0.2, 0) is 0 Å². The number of benzene rings is 1. The number of nitrogens with zero attached hydrogens (tertiary/aromatic N) is 1. The van der Waals surface area contributed by atoms with E-state index in [0.29, 0.717) is 0 Å². The third-order valence-corrected chi connectivity index (χ3v) is 2.54. The van der Waals surface area contributed by atoms with Crippen molar-refractivity contribution in [2.75, 3.05) is 31.6 Å².